The van der Waals surface area contributed by atoms with Gasteiger partial charge in [0.15, 0.2) is 5.82 Å². The van der Waals surface area contributed by atoms with Crippen LogP contribution in [0.25, 0.3) is 0 Å². The lowest BCUT2D eigenvalue weighted by Gasteiger charge is -2.11. The van der Waals surface area contributed by atoms with Gasteiger partial charge in [-0.3, -0.25) is 4.79 Å². The van der Waals surface area contributed by atoms with Crippen molar-refractivity contribution in [3.8, 4) is 0 Å². The molecule has 1 N–H and O–H groups in total. The highest BCUT2D eigenvalue weighted by molar-refractivity contribution is 5.78. The first-order valence-corrected chi connectivity index (χ1v) is 7.40. The fourth-order valence-corrected chi connectivity index (χ4v) is 2.78. The van der Waals surface area contributed by atoms with Gasteiger partial charge >= 0.3 is 0 Å². The molecule has 2 aromatic rings. The maximum atomic E-state index is 12.0. The second-order valence-electron chi connectivity index (χ2n) is 5.42. The third-order valence-electron chi connectivity index (χ3n) is 3.88. The number of aromatic nitrogens is 4. The van der Waals surface area contributed by atoms with Gasteiger partial charge in [0.25, 0.3) is 0 Å². The first-order valence-electron chi connectivity index (χ1n) is 7.40. The van der Waals surface area contributed by atoms with E-state index in [0.29, 0.717) is 19.0 Å². The number of rotatable bonds is 5. The van der Waals surface area contributed by atoms with E-state index in [-0.39, 0.29) is 5.91 Å². The van der Waals surface area contributed by atoms with E-state index >= 15 is 0 Å². The standard InChI is InChI=1S/C15H19N5O/c21-15(10-12-6-2-1-3-7-12)16-11-14-17-18-19-20(14)13-8-4-5-9-13/h1-3,6-7,13H,4-5,8-11H2,(H,16,21). The van der Waals surface area contributed by atoms with Crippen molar-refractivity contribution in [1.29, 1.82) is 0 Å². The second-order valence-corrected chi connectivity index (χ2v) is 5.42. The smallest absolute Gasteiger partial charge is 0.224 e. The Hall–Kier alpha value is -2.24. The van der Waals surface area contributed by atoms with Crippen LogP contribution in [0.15, 0.2) is 30.3 Å². The van der Waals surface area contributed by atoms with Gasteiger partial charge in [-0.25, -0.2) is 4.68 Å². The molecule has 0 atom stereocenters. The van der Waals surface area contributed by atoms with E-state index in [9.17, 15) is 4.79 Å². The minimum atomic E-state index is -0.0119. The van der Waals surface area contributed by atoms with Gasteiger partial charge in [-0.2, -0.15) is 0 Å². The zero-order chi connectivity index (χ0) is 14.5. The predicted molar refractivity (Wildman–Crippen MR) is 77.3 cm³/mol. The Morgan fingerprint density at radius 1 is 1.24 bits per heavy atom. The Morgan fingerprint density at radius 2 is 2.00 bits per heavy atom. The number of benzene rings is 1. The van der Waals surface area contributed by atoms with E-state index in [1.54, 1.807) is 0 Å². The van der Waals surface area contributed by atoms with Gasteiger partial charge in [0.05, 0.1) is 19.0 Å². The highest BCUT2D eigenvalue weighted by Crippen LogP contribution is 2.28. The van der Waals surface area contributed by atoms with Crippen LogP contribution in [0.1, 0.15) is 43.1 Å². The van der Waals surface area contributed by atoms with E-state index in [2.05, 4.69) is 20.8 Å². The number of carbonyl (C=O) groups excluding carboxylic acids is 1. The zero-order valence-corrected chi connectivity index (χ0v) is 11.9. The summed E-state index contributed by atoms with van der Waals surface area (Å²) in [6, 6.07) is 10.1. The summed E-state index contributed by atoms with van der Waals surface area (Å²) in [5, 5.41) is 14.7. The van der Waals surface area contributed by atoms with Crippen molar-refractivity contribution < 1.29 is 4.79 Å². The maximum absolute atomic E-state index is 12.0. The average molecular weight is 285 g/mol. The minimum Gasteiger partial charge on any atom is -0.348 e. The topological polar surface area (TPSA) is 72.7 Å². The van der Waals surface area contributed by atoms with Gasteiger partial charge in [0.1, 0.15) is 0 Å². The normalized spacial score (nSPS) is 15.2. The molecule has 110 valence electrons. The molecule has 3 rings (SSSR count). The molecule has 1 heterocycles. The third-order valence-corrected chi connectivity index (χ3v) is 3.88. The van der Waals surface area contributed by atoms with Gasteiger partial charge in [-0.05, 0) is 28.8 Å². The number of tetrazole rings is 1. The van der Waals surface area contributed by atoms with Gasteiger partial charge in [-0.15, -0.1) is 5.10 Å². The minimum absolute atomic E-state index is 0.0119. The molecule has 6 heteroatoms. The number of nitrogens with zero attached hydrogens (tertiary/aromatic N) is 4. The molecule has 21 heavy (non-hydrogen) atoms. The summed E-state index contributed by atoms with van der Waals surface area (Å²) in [7, 11) is 0. The summed E-state index contributed by atoms with van der Waals surface area (Å²) in [5.41, 5.74) is 1.00. The molecule has 1 aromatic carbocycles. The molecule has 1 fully saturated rings. The number of hydrogen-bond acceptors (Lipinski definition) is 4. The molecule has 1 aromatic heterocycles. The molecule has 1 amide bonds. The predicted octanol–water partition coefficient (Wildman–Crippen LogP) is 1.65. The summed E-state index contributed by atoms with van der Waals surface area (Å²) < 4.78 is 1.87. The lowest BCUT2D eigenvalue weighted by Crippen LogP contribution is -2.27. The molecule has 1 aliphatic carbocycles. The van der Waals surface area contributed by atoms with Crippen molar-refractivity contribution >= 4 is 5.91 Å². The van der Waals surface area contributed by atoms with Crippen LogP contribution in [-0.4, -0.2) is 26.1 Å². The molecule has 0 unspecified atom stereocenters. The van der Waals surface area contributed by atoms with Gasteiger partial charge in [0, 0.05) is 0 Å². The molecule has 0 aliphatic heterocycles. The lowest BCUT2D eigenvalue weighted by atomic mass is 10.1. The monoisotopic (exact) mass is 285 g/mol. The fraction of sp³-hybridized carbons (Fsp3) is 0.467. The molecule has 1 saturated carbocycles. The van der Waals surface area contributed by atoms with E-state index < -0.39 is 0 Å². The van der Waals surface area contributed by atoms with Crippen molar-refractivity contribution in [2.75, 3.05) is 0 Å². The van der Waals surface area contributed by atoms with Crippen molar-refractivity contribution in [3.63, 3.8) is 0 Å². The van der Waals surface area contributed by atoms with Gasteiger partial charge in [-0.1, -0.05) is 43.2 Å². The Labute approximate surface area is 123 Å². The van der Waals surface area contributed by atoms with Crippen LogP contribution in [0, 0.1) is 0 Å². The summed E-state index contributed by atoms with van der Waals surface area (Å²) >= 11 is 0. The first kappa shape index (κ1) is 13.7. The molecular weight excluding hydrogens is 266 g/mol. The fourth-order valence-electron chi connectivity index (χ4n) is 2.78. The van der Waals surface area contributed by atoms with Crippen LogP contribution in [0.2, 0.25) is 0 Å². The van der Waals surface area contributed by atoms with E-state index in [1.165, 1.54) is 12.8 Å². The van der Waals surface area contributed by atoms with Crippen LogP contribution in [0.5, 0.6) is 0 Å². The Morgan fingerprint density at radius 3 is 2.76 bits per heavy atom. The van der Waals surface area contributed by atoms with Crippen LogP contribution in [0.4, 0.5) is 0 Å². The SMILES string of the molecule is O=C(Cc1ccccc1)NCc1nnnn1C1CCCC1. The summed E-state index contributed by atoms with van der Waals surface area (Å²) in [4.78, 5) is 12.0. The average Bonchev–Trinajstić information content (AvgIpc) is 3.17. The number of hydrogen-bond donors (Lipinski definition) is 1. The van der Waals surface area contributed by atoms with E-state index in [0.717, 1.165) is 24.2 Å². The highest BCUT2D eigenvalue weighted by Gasteiger charge is 2.21. The molecular formula is C15H19N5O. The molecule has 6 nitrogen and oxygen atoms in total. The van der Waals surface area contributed by atoms with Crippen molar-refractivity contribution in [1.82, 2.24) is 25.5 Å². The Bertz CT molecular complexity index is 589. The molecule has 0 radical (unpaired) electrons. The van der Waals surface area contributed by atoms with Crippen molar-refractivity contribution in [3.05, 3.63) is 41.7 Å². The van der Waals surface area contributed by atoms with Crippen LogP contribution < -0.4 is 5.32 Å². The number of amides is 1. The molecule has 1 aliphatic rings. The summed E-state index contributed by atoms with van der Waals surface area (Å²) in [5.74, 6) is 0.727. The summed E-state index contributed by atoms with van der Waals surface area (Å²) in [6.07, 6.45) is 5.08. The summed E-state index contributed by atoms with van der Waals surface area (Å²) in [6.45, 7) is 0.384. The zero-order valence-electron chi connectivity index (χ0n) is 11.9. The largest absolute Gasteiger partial charge is 0.348 e. The lowest BCUT2D eigenvalue weighted by molar-refractivity contribution is -0.120. The molecule has 0 bridgehead atoms. The van der Waals surface area contributed by atoms with Crippen molar-refractivity contribution in [2.24, 2.45) is 0 Å². The second kappa shape index (κ2) is 6.47. The maximum Gasteiger partial charge on any atom is 0.224 e. The highest BCUT2D eigenvalue weighted by atomic mass is 16.1. The molecule has 0 saturated heterocycles. The Kier molecular flexibility index (Phi) is 4.23. The van der Waals surface area contributed by atoms with Crippen LogP contribution in [0.3, 0.4) is 0 Å². The van der Waals surface area contributed by atoms with Crippen LogP contribution in [-0.2, 0) is 17.8 Å². The quantitative estimate of drug-likeness (QED) is 0.906. The van der Waals surface area contributed by atoms with E-state index in [1.807, 2.05) is 35.0 Å². The van der Waals surface area contributed by atoms with Gasteiger partial charge in [0.2, 0.25) is 5.91 Å². The Balaban J connectivity index is 1.55. The third kappa shape index (κ3) is 3.45. The number of nitrogens with one attached hydrogen (secondary N) is 1. The number of carbonyl (C=O) groups is 1. The first-order chi connectivity index (χ1) is 10.3. The van der Waals surface area contributed by atoms with Crippen LogP contribution >= 0.6 is 0 Å². The van der Waals surface area contributed by atoms with Gasteiger partial charge < -0.3 is 5.32 Å². The van der Waals surface area contributed by atoms with E-state index in [4.69, 9.17) is 0 Å². The molecule has 0 spiro atoms. The van der Waals surface area contributed by atoms with Crippen molar-refractivity contribution in [2.45, 2.75) is 44.7 Å².